The van der Waals surface area contributed by atoms with Gasteiger partial charge in [0.1, 0.15) is 5.75 Å². The number of β-amino-alcohol motifs (C(OH)–C–C–N with tert-alkyl or cyclic N) is 1. The van der Waals surface area contributed by atoms with Gasteiger partial charge in [0.2, 0.25) is 10.0 Å². The zero-order valence-electron chi connectivity index (χ0n) is 11.1. The highest BCUT2D eigenvalue weighted by Crippen LogP contribution is 2.39. The van der Waals surface area contributed by atoms with Crippen molar-refractivity contribution < 1.29 is 31.4 Å². The number of benzene rings is 1. The van der Waals surface area contributed by atoms with Gasteiger partial charge in [-0.1, -0.05) is 0 Å². The summed E-state index contributed by atoms with van der Waals surface area (Å²) in [5.41, 5.74) is -2.99. The van der Waals surface area contributed by atoms with Crippen LogP contribution in [0.1, 0.15) is 6.42 Å². The summed E-state index contributed by atoms with van der Waals surface area (Å²) in [6.45, 7) is -1.38. The number of aliphatic hydroxyl groups is 1. The highest BCUT2D eigenvalue weighted by atomic mass is 32.2. The van der Waals surface area contributed by atoms with E-state index in [2.05, 4.69) is 0 Å². The smallest absolute Gasteiger partial charge is 0.418 e. The molecule has 1 saturated heterocycles. The van der Waals surface area contributed by atoms with E-state index in [4.69, 9.17) is 4.74 Å². The van der Waals surface area contributed by atoms with Crippen LogP contribution in [0.15, 0.2) is 29.2 Å². The maximum absolute atomic E-state index is 12.7. The zero-order valence-corrected chi connectivity index (χ0v) is 11.9. The van der Waals surface area contributed by atoms with E-state index in [0.29, 0.717) is 10.1 Å². The monoisotopic (exact) mass is 325 g/mol. The molecule has 1 N–H and O–H groups in total. The zero-order chi connectivity index (χ0) is 15.9. The van der Waals surface area contributed by atoms with E-state index in [9.17, 15) is 26.7 Å². The molecule has 0 spiro atoms. The summed E-state index contributed by atoms with van der Waals surface area (Å²) < 4.78 is 68.2. The van der Waals surface area contributed by atoms with E-state index in [0.717, 1.165) is 0 Å². The van der Waals surface area contributed by atoms with Gasteiger partial charge < -0.3 is 9.84 Å². The second-order valence-electron chi connectivity index (χ2n) is 4.79. The van der Waals surface area contributed by atoms with Crippen LogP contribution in [0.4, 0.5) is 13.2 Å². The third-order valence-electron chi connectivity index (χ3n) is 3.44. The van der Waals surface area contributed by atoms with Gasteiger partial charge in [0.15, 0.2) is 5.60 Å². The van der Waals surface area contributed by atoms with E-state index in [1.807, 2.05) is 0 Å². The van der Waals surface area contributed by atoms with Crippen molar-refractivity contribution in [2.75, 3.05) is 20.2 Å². The Hall–Kier alpha value is -1.32. The number of hydrogen-bond acceptors (Lipinski definition) is 4. The molecule has 0 saturated carbocycles. The lowest BCUT2D eigenvalue weighted by molar-refractivity contribution is -0.252. The Kier molecular flexibility index (Phi) is 3.94. The predicted molar refractivity (Wildman–Crippen MR) is 67.4 cm³/mol. The molecule has 0 unspecified atom stereocenters. The highest BCUT2D eigenvalue weighted by molar-refractivity contribution is 7.89. The maximum atomic E-state index is 12.7. The molecule has 2 rings (SSSR count). The molecule has 1 fully saturated rings. The van der Waals surface area contributed by atoms with Gasteiger partial charge in [-0.3, -0.25) is 0 Å². The first-order valence-electron chi connectivity index (χ1n) is 6.03. The standard InChI is InChI=1S/C12H14F3NO4S/c1-20-9-2-4-10(5-3-9)21(18,19)16-7-6-11(17,8-16)12(13,14)15/h2-5,17H,6-8H2,1H3/t11-/m0/s1. The van der Waals surface area contributed by atoms with Crippen LogP contribution >= 0.6 is 0 Å². The molecule has 0 amide bonds. The molecule has 1 aliphatic heterocycles. The van der Waals surface area contributed by atoms with Crippen molar-refractivity contribution in [2.45, 2.75) is 23.1 Å². The first-order valence-corrected chi connectivity index (χ1v) is 7.47. The quantitative estimate of drug-likeness (QED) is 0.912. The molecule has 9 heteroatoms. The van der Waals surface area contributed by atoms with Crippen LogP contribution in [0.25, 0.3) is 0 Å². The van der Waals surface area contributed by atoms with E-state index in [-0.39, 0.29) is 11.4 Å². The second kappa shape index (κ2) is 5.15. The number of sulfonamides is 1. The Balaban J connectivity index is 2.25. The van der Waals surface area contributed by atoms with Crippen molar-refractivity contribution in [3.8, 4) is 5.75 Å². The van der Waals surface area contributed by atoms with Gasteiger partial charge in [0, 0.05) is 13.0 Å². The number of hydrogen-bond donors (Lipinski definition) is 1. The van der Waals surface area contributed by atoms with Crippen molar-refractivity contribution >= 4 is 10.0 Å². The lowest BCUT2D eigenvalue weighted by Gasteiger charge is -2.25. The van der Waals surface area contributed by atoms with Crippen LogP contribution in [-0.4, -0.2) is 49.8 Å². The van der Waals surface area contributed by atoms with Crippen molar-refractivity contribution in [1.82, 2.24) is 4.31 Å². The normalized spacial score (nSPS) is 24.2. The Morgan fingerprint density at radius 2 is 1.86 bits per heavy atom. The fourth-order valence-corrected chi connectivity index (χ4v) is 3.59. The minimum Gasteiger partial charge on any atom is -0.497 e. The first-order chi connectivity index (χ1) is 9.60. The number of ether oxygens (including phenoxy) is 1. The molecule has 0 aromatic heterocycles. The fraction of sp³-hybridized carbons (Fsp3) is 0.500. The average molecular weight is 325 g/mol. The van der Waals surface area contributed by atoms with Gasteiger partial charge >= 0.3 is 6.18 Å². The minimum absolute atomic E-state index is 0.144. The van der Waals surface area contributed by atoms with E-state index in [1.54, 1.807) is 0 Å². The third kappa shape index (κ3) is 2.85. The average Bonchev–Trinajstić information content (AvgIpc) is 2.83. The summed E-state index contributed by atoms with van der Waals surface area (Å²) in [5.74, 6) is 0.433. The SMILES string of the molecule is COc1ccc(S(=O)(=O)N2CC[C@@](O)(C(F)(F)F)C2)cc1. The summed E-state index contributed by atoms with van der Waals surface area (Å²) in [6, 6.07) is 5.30. The Morgan fingerprint density at radius 1 is 1.29 bits per heavy atom. The first kappa shape index (κ1) is 16.1. The summed E-state index contributed by atoms with van der Waals surface area (Å²) >= 11 is 0. The maximum Gasteiger partial charge on any atom is 0.418 e. The predicted octanol–water partition coefficient (Wildman–Crippen LogP) is 1.38. The van der Waals surface area contributed by atoms with Crippen LogP contribution < -0.4 is 4.74 Å². The molecule has 0 aliphatic carbocycles. The number of nitrogens with zero attached hydrogens (tertiary/aromatic N) is 1. The lowest BCUT2D eigenvalue weighted by Crippen LogP contribution is -2.48. The van der Waals surface area contributed by atoms with Crippen LogP contribution in [0.2, 0.25) is 0 Å². The molecule has 1 heterocycles. The molecule has 5 nitrogen and oxygen atoms in total. The summed E-state index contributed by atoms with van der Waals surface area (Å²) in [5, 5.41) is 9.54. The number of halogens is 3. The van der Waals surface area contributed by atoms with Crippen molar-refractivity contribution in [1.29, 1.82) is 0 Å². The summed E-state index contributed by atoms with van der Waals surface area (Å²) in [6.07, 6.45) is -5.54. The largest absolute Gasteiger partial charge is 0.497 e. The number of methoxy groups -OCH3 is 1. The van der Waals surface area contributed by atoms with Gasteiger partial charge in [-0.05, 0) is 24.3 Å². The van der Waals surface area contributed by atoms with Gasteiger partial charge in [-0.25, -0.2) is 8.42 Å². The van der Waals surface area contributed by atoms with E-state index < -0.39 is 34.8 Å². The molecule has 1 aliphatic rings. The molecule has 21 heavy (non-hydrogen) atoms. The van der Waals surface area contributed by atoms with Crippen molar-refractivity contribution in [3.63, 3.8) is 0 Å². The summed E-state index contributed by atoms with van der Waals surface area (Å²) in [4.78, 5) is -0.144. The van der Waals surface area contributed by atoms with Crippen LogP contribution in [-0.2, 0) is 10.0 Å². The van der Waals surface area contributed by atoms with Crippen LogP contribution in [0.5, 0.6) is 5.75 Å². The number of rotatable bonds is 3. The van der Waals surface area contributed by atoms with Gasteiger partial charge in [-0.2, -0.15) is 17.5 Å². The van der Waals surface area contributed by atoms with Crippen molar-refractivity contribution in [3.05, 3.63) is 24.3 Å². The van der Waals surface area contributed by atoms with Gasteiger partial charge in [0.25, 0.3) is 0 Å². The molecule has 1 atom stereocenters. The highest BCUT2D eigenvalue weighted by Gasteiger charge is 2.58. The van der Waals surface area contributed by atoms with Crippen LogP contribution in [0.3, 0.4) is 0 Å². The van der Waals surface area contributed by atoms with E-state index >= 15 is 0 Å². The molecule has 1 aromatic carbocycles. The Labute approximate surface area is 120 Å². The van der Waals surface area contributed by atoms with Gasteiger partial charge in [-0.15, -0.1) is 0 Å². The van der Waals surface area contributed by atoms with Crippen molar-refractivity contribution in [2.24, 2.45) is 0 Å². The fourth-order valence-electron chi connectivity index (χ4n) is 2.09. The topological polar surface area (TPSA) is 66.8 Å². The van der Waals surface area contributed by atoms with Gasteiger partial charge in [0.05, 0.1) is 18.6 Å². The third-order valence-corrected chi connectivity index (χ3v) is 5.30. The second-order valence-corrected chi connectivity index (χ2v) is 6.73. The summed E-state index contributed by atoms with van der Waals surface area (Å²) in [7, 11) is -2.67. The number of alkyl halides is 3. The molecule has 0 radical (unpaired) electrons. The Bertz CT molecular complexity index is 614. The molecular formula is C12H14F3NO4S. The molecule has 1 aromatic rings. The van der Waals surface area contributed by atoms with Crippen LogP contribution in [0, 0.1) is 0 Å². The minimum atomic E-state index is -4.86. The molecule has 118 valence electrons. The van der Waals surface area contributed by atoms with E-state index in [1.165, 1.54) is 31.4 Å². The molecule has 0 bridgehead atoms. The Morgan fingerprint density at radius 3 is 2.29 bits per heavy atom. The molecular weight excluding hydrogens is 311 g/mol. The lowest BCUT2D eigenvalue weighted by atomic mass is 10.0.